The van der Waals surface area contributed by atoms with Gasteiger partial charge in [-0.1, -0.05) is 93.8 Å². The lowest BCUT2D eigenvalue weighted by molar-refractivity contribution is -0.438. The molecule has 0 atom stereocenters. The van der Waals surface area contributed by atoms with E-state index in [1.54, 1.807) is 0 Å². The van der Waals surface area contributed by atoms with E-state index in [0.717, 1.165) is 47.8 Å². The van der Waals surface area contributed by atoms with E-state index in [4.69, 9.17) is 11.6 Å². The van der Waals surface area contributed by atoms with E-state index >= 15 is 0 Å². The van der Waals surface area contributed by atoms with E-state index in [2.05, 4.69) is 111 Å². The monoisotopic (exact) mass is 674 g/mol. The lowest BCUT2D eigenvalue weighted by atomic mass is 9.81. The van der Waals surface area contributed by atoms with Crippen molar-refractivity contribution in [1.82, 2.24) is 0 Å². The molecule has 2 heterocycles. The highest BCUT2D eigenvalue weighted by Crippen LogP contribution is 2.48. The Morgan fingerprint density at radius 3 is 2.34 bits per heavy atom. The van der Waals surface area contributed by atoms with Gasteiger partial charge < -0.3 is 9.45 Å². The van der Waals surface area contributed by atoms with Crippen LogP contribution in [0.4, 0.5) is 11.4 Å². The Kier molecular flexibility index (Phi) is 11.0. The summed E-state index contributed by atoms with van der Waals surface area (Å²) in [6.07, 6.45) is 17.8. The van der Waals surface area contributed by atoms with E-state index in [1.165, 1.54) is 53.8 Å². The van der Waals surface area contributed by atoms with Gasteiger partial charge >= 0.3 is 0 Å². The van der Waals surface area contributed by atoms with Crippen LogP contribution in [0.5, 0.6) is 0 Å². The van der Waals surface area contributed by atoms with Crippen molar-refractivity contribution < 1.29 is 17.5 Å². The van der Waals surface area contributed by atoms with Crippen LogP contribution in [0.3, 0.4) is 0 Å². The number of anilines is 1. The number of hydrogen-bond donors (Lipinski definition) is 0. The summed E-state index contributed by atoms with van der Waals surface area (Å²) in [5, 5.41) is 0.841. The Bertz CT molecular complexity index is 1740. The summed E-state index contributed by atoms with van der Waals surface area (Å²) >= 11 is 7.18. The second-order valence-corrected chi connectivity index (χ2v) is 16.2. The first-order valence-corrected chi connectivity index (χ1v) is 19.4. The van der Waals surface area contributed by atoms with Gasteiger partial charge in [-0.05, 0) is 81.2 Å². The van der Waals surface area contributed by atoms with Crippen LogP contribution < -0.4 is 4.90 Å². The molecule has 0 saturated carbocycles. The molecule has 2 aromatic rings. The zero-order chi connectivity index (χ0) is 33.8. The lowest BCUT2D eigenvalue weighted by Crippen LogP contribution is -2.28. The molecule has 2 aromatic carbocycles. The lowest BCUT2D eigenvalue weighted by Gasteiger charge is -2.27. The smallest absolute Gasteiger partial charge is 0.209 e. The SMILES string of the molecule is CCCCCC[N+]1=C(C=CC2=C(Cl)C(=CC=C3N(CCCCS(=O)(=O)[O-])c4ccccc4C3(C)C)CCC2)C(C)(C)c2ccccc21. The Balaban J connectivity index is 1.44. The molecule has 0 unspecified atom stereocenters. The summed E-state index contributed by atoms with van der Waals surface area (Å²) < 4.78 is 36.1. The van der Waals surface area contributed by atoms with Crippen molar-refractivity contribution in [2.45, 2.75) is 103 Å². The number of halogens is 1. The molecular weight excluding hydrogens is 624 g/mol. The molecule has 0 saturated heterocycles. The molecule has 0 spiro atoms. The highest BCUT2D eigenvalue weighted by atomic mass is 35.5. The standard InChI is InChI=1S/C40H51ClN2O3S/c1-6-7-8-13-27-42-34-21-11-9-19-32(34)39(2,3)36(42)25-23-30-17-16-18-31(38(30)41)24-26-37-40(4,5)33-20-10-12-22-35(33)43(37)28-14-15-29-47(44,45)46/h9-12,19-26H,6-8,13-18,27-29H2,1-5H3. The largest absolute Gasteiger partial charge is 0.748 e. The number of benzene rings is 2. The summed E-state index contributed by atoms with van der Waals surface area (Å²) in [5.41, 5.74) is 9.57. The Morgan fingerprint density at radius 1 is 0.872 bits per heavy atom. The molecule has 0 radical (unpaired) electrons. The minimum absolute atomic E-state index is 0.0902. The van der Waals surface area contributed by atoms with Crippen molar-refractivity contribution in [2.24, 2.45) is 0 Å². The Morgan fingerprint density at radius 2 is 1.60 bits per heavy atom. The molecule has 47 heavy (non-hydrogen) atoms. The topological polar surface area (TPSA) is 63.5 Å². The molecule has 7 heteroatoms. The Labute approximate surface area is 288 Å². The third-order valence-electron chi connectivity index (χ3n) is 10.2. The summed E-state index contributed by atoms with van der Waals surface area (Å²) in [5.74, 6) is -0.329. The molecule has 0 fully saturated rings. The number of hydrogen-bond acceptors (Lipinski definition) is 4. The van der Waals surface area contributed by atoms with Gasteiger partial charge in [-0.25, -0.2) is 8.42 Å². The molecule has 0 amide bonds. The van der Waals surface area contributed by atoms with Crippen molar-refractivity contribution in [2.75, 3.05) is 23.7 Å². The molecule has 2 aliphatic heterocycles. The Hall–Kier alpha value is -2.93. The van der Waals surface area contributed by atoms with Gasteiger partial charge in [0.1, 0.15) is 6.54 Å². The maximum Gasteiger partial charge on any atom is 0.209 e. The van der Waals surface area contributed by atoms with Gasteiger partial charge in [0.05, 0.1) is 15.5 Å². The minimum Gasteiger partial charge on any atom is -0.748 e. The predicted octanol–water partition coefficient (Wildman–Crippen LogP) is 9.81. The second-order valence-electron chi connectivity index (χ2n) is 14.3. The van der Waals surface area contributed by atoms with Crippen LogP contribution in [-0.4, -0.2) is 42.1 Å². The summed E-state index contributed by atoms with van der Waals surface area (Å²) in [6, 6.07) is 17.2. The van der Waals surface area contributed by atoms with Gasteiger partial charge in [0.25, 0.3) is 0 Å². The summed E-state index contributed by atoms with van der Waals surface area (Å²) in [6.45, 7) is 13.1. The van der Waals surface area contributed by atoms with Gasteiger partial charge in [0, 0.05) is 58.3 Å². The molecule has 252 valence electrons. The van der Waals surface area contributed by atoms with Crippen LogP contribution in [0.15, 0.2) is 94.7 Å². The number of unbranched alkanes of at least 4 members (excludes halogenated alkanes) is 4. The summed E-state index contributed by atoms with van der Waals surface area (Å²) in [7, 11) is -4.22. The van der Waals surface area contributed by atoms with E-state index < -0.39 is 10.1 Å². The average molecular weight is 675 g/mol. The second kappa shape index (κ2) is 14.7. The third kappa shape index (κ3) is 7.71. The molecule has 0 bridgehead atoms. The van der Waals surface area contributed by atoms with Crippen LogP contribution in [0.2, 0.25) is 0 Å². The fourth-order valence-electron chi connectivity index (χ4n) is 7.58. The van der Waals surface area contributed by atoms with Crippen LogP contribution in [-0.2, 0) is 20.9 Å². The van der Waals surface area contributed by atoms with Gasteiger partial charge in [-0.3, -0.25) is 0 Å². The van der Waals surface area contributed by atoms with Crippen LogP contribution in [0.25, 0.3) is 0 Å². The first kappa shape index (κ1) is 35.4. The van der Waals surface area contributed by atoms with Gasteiger partial charge in [0.15, 0.2) is 5.71 Å². The van der Waals surface area contributed by atoms with E-state index in [9.17, 15) is 13.0 Å². The fraction of sp³-hybridized carbons (Fsp3) is 0.475. The molecule has 5 nitrogen and oxygen atoms in total. The fourth-order valence-corrected chi connectivity index (χ4v) is 8.45. The predicted molar refractivity (Wildman–Crippen MR) is 196 cm³/mol. The number of nitrogens with zero attached hydrogens (tertiary/aromatic N) is 2. The van der Waals surface area contributed by atoms with Crippen molar-refractivity contribution in [3.63, 3.8) is 0 Å². The van der Waals surface area contributed by atoms with Crippen molar-refractivity contribution in [3.8, 4) is 0 Å². The average Bonchev–Trinajstić information content (AvgIpc) is 3.38. The number of fused-ring (bicyclic) bond motifs is 2. The van der Waals surface area contributed by atoms with Crippen LogP contribution in [0.1, 0.15) is 104 Å². The molecule has 1 aliphatic carbocycles. The van der Waals surface area contributed by atoms with Gasteiger partial charge in [-0.2, -0.15) is 4.58 Å². The minimum atomic E-state index is -4.22. The summed E-state index contributed by atoms with van der Waals surface area (Å²) in [4.78, 5) is 2.29. The zero-order valence-corrected chi connectivity index (χ0v) is 30.4. The number of rotatable bonds is 13. The number of para-hydroxylation sites is 2. The first-order valence-electron chi connectivity index (χ1n) is 17.4. The van der Waals surface area contributed by atoms with E-state index in [1.807, 2.05) is 6.07 Å². The highest BCUT2D eigenvalue weighted by Gasteiger charge is 2.44. The van der Waals surface area contributed by atoms with E-state index in [-0.39, 0.29) is 16.6 Å². The van der Waals surface area contributed by atoms with Crippen LogP contribution in [0, 0.1) is 0 Å². The highest BCUT2D eigenvalue weighted by molar-refractivity contribution is 7.85. The molecule has 0 aromatic heterocycles. The van der Waals surface area contributed by atoms with Crippen molar-refractivity contribution in [3.05, 3.63) is 106 Å². The molecule has 0 N–H and O–H groups in total. The third-order valence-corrected chi connectivity index (χ3v) is 11.5. The quantitative estimate of drug-likeness (QED) is 0.121. The normalized spacial score (nSPS) is 20.6. The van der Waals surface area contributed by atoms with E-state index in [0.29, 0.717) is 19.4 Å². The maximum atomic E-state index is 11.2. The van der Waals surface area contributed by atoms with Crippen molar-refractivity contribution in [1.29, 1.82) is 0 Å². The first-order chi connectivity index (χ1) is 22.4. The van der Waals surface area contributed by atoms with Crippen LogP contribution >= 0.6 is 11.6 Å². The van der Waals surface area contributed by atoms with Crippen molar-refractivity contribution >= 4 is 38.8 Å². The van der Waals surface area contributed by atoms with Gasteiger partial charge in [0.2, 0.25) is 5.69 Å². The van der Waals surface area contributed by atoms with Gasteiger partial charge in [-0.15, -0.1) is 0 Å². The zero-order valence-electron chi connectivity index (χ0n) is 28.8. The number of allylic oxidation sites excluding steroid dienone is 8. The molecular formula is C40H51ClN2O3S. The maximum absolute atomic E-state index is 11.2. The molecule has 3 aliphatic rings. The molecule has 5 rings (SSSR count).